The molecule has 0 aliphatic carbocycles. The summed E-state index contributed by atoms with van der Waals surface area (Å²) in [4.78, 5) is 34.6. The summed E-state index contributed by atoms with van der Waals surface area (Å²) in [6.07, 6.45) is 3.44. The van der Waals surface area contributed by atoms with Crippen molar-refractivity contribution in [3.05, 3.63) is 39.2 Å². The van der Waals surface area contributed by atoms with E-state index in [-0.39, 0.29) is 47.3 Å². The summed E-state index contributed by atoms with van der Waals surface area (Å²) < 4.78 is 0. The maximum absolute atomic E-state index is 10.2. The van der Waals surface area contributed by atoms with Gasteiger partial charge in [-0.15, -0.1) is 0 Å². The highest BCUT2D eigenvalue weighted by molar-refractivity contribution is 6.36. The number of hydrogen-bond donors (Lipinski definition) is 1. The van der Waals surface area contributed by atoms with Gasteiger partial charge in [0.2, 0.25) is 0 Å². The van der Waals surface area contributed by atoms with Gasteiger partial charge in [-0.25, -0.2) is 19.9 Å². The van der Waals surface area contributed by atoms with Crippen LogP contribution in [0.4, 0.5) is 5.82 Å². The summed E-state index contributed by atoms with van der Waals surface area (Å²) in [7, 11) is 0. The molecule has 0 aliphatic rings. The number of halogens is 3. The van der Waals surface area contributed by atoms with Crippen LogP contribution in [0.15, 0.2) is 12.7 Å². The molecule has 0 saturated heterocycles. The monoisotopic (exact) mass is 365 g/mol. The molecule has 2 rings (SSSR count). The third-order valence-electron chi connectivity index (χ3n) is 1.89. The van der Waals surface area contributed by atoms with E-state index in [0.717, 1.165) is 0 Å². The van der Waals surface area contributed by atoms with Crippen molar-refractivity contribution in [3.8, 4) is 0 Å². The minimum absolute atomic E-state index is 0. The van der Waals surface area contributed by atoms with Crippen molar-refractivity contribution < 1.29 is 9.59 Å². The number of aromatic nitrogens is 4. The van der Waals surface area contributed by atoms with Crippen LogP contribution in [0.25, 0.3) is 0 Å². The summed E-state index contributed by atoms with van der Waals surface area (Å²) in [6, 6.07) is 0. The molecule has 2 N–H and O–H groups in total. The standard InChI is InChI=1S/C5H2Cl2N2O.C5H4ClN3O.2CH4/c2*6-4-3(1-10)5(7)9-2-8-4;;/h1-2H;1-2H,(H2,7,8,9);2*1H4. The van der Waals surface area contributed by atoms with Crippen LogP contribution < -0.4 is 5.73 Å². The second-order valence-corrected chi connectivity index (χ2v) is 4.14. The van der Waals surface area contributed by atoms with Gasteiger partial charge in [0.15, 0.2) is 12.6 Å². The van der Waals surface area contributed by atoms with Crippen LogP contribution in [0, 0.1) is 0 Å². The van der Waals surface area contributed by atoms with Gasteiger partial charge in [0.05, 0.1) is 11.1 Å². The zero-order valence-corrected chi connectivity index (χ0v) is 11.9. The molecular formula is C12H14Cl3N5O2. The topological polar surface area (TPSA) is 112 Å². The molecule has 10 heteroatoms. The summed E-state index contributed by atoms with van der Waals surface area (Å²) in [5, 5.41) is 0.243. The first-order valence-corrected chi connectivity index (χ1v) is 5.97. The molecule has 0 bridgehead atoms. The van der Waals surface area contributed by atoms with Gasteiger partial charge in [-0.1, -0.05) is 49.7 Å². The van der Waals surface area contributed by atoms with E-state index in [1.165, 1.54) is 12.7 Å². The smallest absolute Gasteiger partial charge is 0.156 e. The highest BCUT2D eigenvalue weighted by Crippen LogP contribution is 2.16. The molecule has 0 spiro atoms. The van der Waals surface area contributed by atoms with E-state index in [0.29, 0.717) is 12.6 Å². The number of nitrogens with zero attached hydrogens (tertiary/aromatic N) is 4. The average molecular weight is 367 g/mol. The lowest BCUT2D eigenvalue weighted by atomic mass is 10.3. The van der Waals surface area contributed by atoms with Crippen molar-refractivity contribution in [2.75, 3.05) is 5.73 Å². The molecule has 22 heavy (non-hydrogen) atoms. The molecule has 0 unspecified atom stereocenters. The summed E-state index contributed by atoms with van der Waals surface area (Å²) >= 11 is 16.4. The number of hydrogen-bond acceptors (Lipinski definition) is 7. The highest BCUT2D eigenvalue weighted by Gasteiger charge is 2.05. The Hall–Kier alpha value is -1.83. The van der Waals surface area contributed by atoms with Crippen molar-refractivity contribution in [3.63, 3.8) is 0 Å². The SMILES string of the molecule is C.C.Nc1ncnc(Cl)c1C=O.O=Cc1c(Cl)ncnc1Cl. The first kappa shape index (κ1) is 22.5. The molecule has 0 amide bonds. The van der Waals surface area contributed by atoms with Crippen LogP contribution in [0.5, 0.6) is 0 Å². The van der Waals surface area contributed by atoms with E-state index < -0.39 is 0 Å². The Labute approximate surface area is 142 Å². The Kier molecular flexibility index (Phi) is 11.1. The van der Waals surface area contributed by atoms with Gasteiger partial charge in [0, 0.05) is 0 Å². The second-order valence-electron chi connectivity index (χ2n) is 3.07. The minimum Gasteiger partial charge on any atom is -0.383 e. The van der Waals surface area contributed by atoms with Gasteiger partial charge in [-0.05, 0) is 0 Å². The molecule has 2 aromatic heterocycles. The van der Waals surface area contributed by atoms with Gasteiger partial charge in [0.25, 0.3) is 0 Å². The summed E-state index contributed by atoms with van der Waals surface area (Å²) in [5.41, 5.74) is 5.54. The summed E-state index contributed by atoms with van der Waals surface area (Å²) in [5.74, 6) is 0.106. The summed E-state index contributed by atoms with van der Waals surface area (Å²) in [6.45, 7) is 0. The number of nitrogens with two attached hydrogens (primary N) is 1. The quantitative estimate of drug-likeness (QED) is 0.640. The molecule has 2 aromatic rings. The number of carbonyl (C=O) groups is 2. The molecule has 2 heterocycles. The molecule has 0 fully saturated rings. The third-order valence-corrected chi connectivity index (χ3v) is 2.79. The largest absolute Gasteiger partial charge is 0.383 e. The molecular weight excluding hydrogens is 353 g/mol. The Balaban J connectivity index is 0. The van der Waals surface area contributed by atoms with Gasteiger partial charge in [-0.3, -0.25) is 9.59 Å². The fourth-order valence-electron chi connectivity index (χ4n) is 0.947. The van der Waals surface area contributed by atoms with Crippen LogP contribution >= 0.6 is 34.8 Å². The Morgan fingerprint density at radius 1 is 0.773 bits per heavy atom. The van der Waals surface area contributed by atoms with Crippen molar-refractivity contribution in [1.82, 2.24) is 19.9 Å². The Bertz CT molecular complexity index is 544. The Morgan fingerprint density at radius 2 is 1.14 bits per heavy atom. The van der Waals surface area contributed by atoms with Crippen molar-refractivity contribution in [1.29, 1.82) is 0 Å². The number of carbonyl (C=O) groups excluding carboxylic acids is 2. The molecule has 0 atom stereocenters. The van der Waals surface area contributed by atoms with Crippen LogP contribution in [0.1, 0.15) is 35.6 Å². The lowest BCUT2D eigenvalue weighted by Gasteiger charge is -1.95. The van der Waals surface area contributed by atoms with Crippen molar-refractivity contribution in [2.45, 2.75) is 14.9 Å². The van der Waals surface area contributed by atoms with E-state index in [4.69, 9.17) is 40.5 Å². The van der Waals surface area contributed by atoms with Gasteiger partial charge in [0.1, 0.15) is 33.9 Å². The molecule has 120 valence electrons. The minimum atomic E-state index is 0. The lowest BCUT2D eigenvalue weighted by Crippen LogP contribution is -1.98. The first-order valence-electron chi connectivity index (χ1n) is 4.83. The van der Waals surface area contributed by atoms with E-state index >= 15 is 0 Å². The number of aldehydes is 2. The zero-order chi connectivity index (χ0) is 15.1. The lowest BCUT2D eigenvalue weighted by molar-refractivity contribution is 0.111. The van der Waals surface area contributed by atoms with Crippen LogP contribution in [0.3, 0.4) is 0 Å². The number of nitrogen functional groups attached to an aromatic ring is 1. The second kappa shape index (κ2) is 10.8. The van der Waals surface area contributed by atoms with Gasteiger partial charge >= 0.3 is 0 Å². The molecule has 0 aromatic carbocycles. The fourth-order valence-corrected chi connectivity index (χ4v) is 1.54. The van der Waals surface area contributed by atoms with E-state index in [9.17, 15) is 9.59 Å². The van der Waals surface area contributed by atoms with Gasteiger partial charge < -0.3 is 5.73 Å². The molecule has 0 radical (unpaired) electrons. The highest BCUT2D eigenvalue weighted by atomic mass is 35.5. The van der Waals surface area contributed by atoms with Crippen molar-refractivity contribution >= 4 is 53.2 Å². The van der Waals surface area contributed by atoms with Crippen LogP contribution in [0.2, 0.25) is 15.5 Å². The normalized spacial score (nSPS) is 8.50. The van der Waals surface area contributed by atoms with E-state index in [2.05, 4.69) is 19.9 Å². The maximum Gasteiger partial charge on any atom is 0.156 e. The number of rotatable bonds is 2. The van der Waals surface area contributed by atoms with Gasteiger partial charge in [-0.2, -0.15) is 0 Å². The predicted octanol–water partition coefficient (Wildman–Crippen LogP) is 3.39. The van der Waals surface area contributed by atoms with E-state index in [1.54, 1.807) is 0 Å². The maximum atomic E-state index is 10.2. The van der Waals surface area contributed by atoms with E-state index in [1.807, 2.05) is 0 Å². The average Bonchev–Trinajstić information content (AvgIpc) is 2.40. The number of anilines is 1. The Morgan fingerprint density at radius 3 is 1.41 bits per heavy atom. The fraction of sp³-hybridized carbons (Fsp3) is 0.167. The zero-order valence-electron chi connectivity index (χ0n) is 9.63. The first-order chi connectivity index (χ1) is 9.51. The molecule has 7 nitrogen and oxygen atoms in total. The third kappa shape index (κ3) is 5.88. The predicted molar refractivity (Wildman–Crippen MR) is 87.7 cm³/mol. The van der Waals surface area contributed by atoms with Crippen LogP contribution in [-0.2, 0) is 0 Å². The molecule has 0 saturated carbocycles. The molecule has 0 aliphatic heterocycles. The van der Waals surface area contributed by atoms with Crippen LogP contribution in [-0.4, -0.2) is 32.5 Å². The van der Waals surface area contributed by atoms with Crippen molar-refractivity contribution in [2.24, 2.45) is 0 Å².